The maximum atomic E-state index is 5.97. The molecular weight excluding hydrogens is 186 g/mol. The summed E-state index contributed by atoms with van der Waals surface area (Å²) >= 11 is 0. The van der Waals surface area contributed by atoms with Crippen LogP contribution >= 0.6 is 0 Å². The third-order valence-corrected chi connectivity index (χ3v) is 3.75. The van der Waals surface area contributed by atoms with E-state index in [2.05, 4.69) is 38.2 Å². The Morgan fingerprint density at radius 3 is 2.53 bits per heavy atom. The monoisotopic (exact) mass is 213 g/mol. The summed E-state index contributed by atoms with van der Waals surface area (Å²) in [4.78, 5) is 2.27. The van der Waals surface area contributed by atoms with Crippen molar-refractivity contribution in [3.8, 4) is 0 Å². The second kappa shape index (κ2) is 5.28. The molecule has 1 saturated carbocycles. The van der Waals surface area contributed by atoms with Gasteiger partial charge in [-0.05, 0) is 47.2 Å². The van der Waals surface area contributed by atoms with Gasteiger partial charge in [0.2, 0.25) is 0 Å². The van der Waals surface area contributed by atoms with Gasteiger partial charge in [-0.1, -0.05) is 6.42 Å². The number of rotatable bonds is 4. The van der Waals surface area contributed by atoms with Crippen molar-refractivity contribution in [1.29, 1.82) is 0 Å². The highest BCUT2D eigenvalue weighted by Gasteiger charge is 2.24. The molecule has 90 valence electrons. The maximum Gasteiger partial charge on any atom is 0.0271 e. The Bertz CT molecular complexity index is 189. The predicted octanol–water partition coefficient (Wildman–Crippen LogP) is 1.19. The van der Waals surface area contributed by atoms with Crippen LogP contribution in [0.15, 0.2) is 0 Å². The van der Waals surface area contributed by atoms with Gasteiger partial charge in [0, 0.05) is 24.2 Å². The van der Waals surface area contributed by atoms with Crippen molar-refractivity contribution >= 4 is 0 Å². The molecule has 2 unspecified atom stereocenters. The molecule has 15 heavy (non-hydrogen) atoms. The van der Waals surface area contributed by atoms with Gasteiger partial charge in [-0.25, -0.2) is 0 Å². The van der Waals surface area contributed by atoms with Gasteiger partial charge in [-0.3, -0.25) is 0 Å². The largest absolute Gasteiger partial charge is 0.328 e. The van der Waals surface area contributed by atoms with Gasteiger partial charge in [0.25, 0.3) is 0 Å². The molecule has 0 aromatic heterocycles. The number of likely N-dealkylation sites (N-methyl/N-ethyl adjacent to an activating group) is 1. The van der Waals surface area contributed by atoms with Crippen LogP contribution in [0.5, 0.6) is 0 Å². The van der Waals surface area contributed by atoms with Gasteiger partial charge in [0.05, 0.1) is 0 Å². The summed E-state index contributed by atoms with van der Waals surface area (Å²) in [7, 11) is 4.27. The molecule has 0 spiro atoms. The van der Waals surface area contributed by atoms with Gasteiger partial charge in [-0.15, -0.1) is 0 Å². The second-order valence-corrected chi connectivity index (χ2v) is 5.71. The van der Waals surface area contributed by atoms with E-state index in [4.69, 9.17) is 5.73 Å². The first-order chi connectivity index (χ1) is 6.92. The van der Waals surface area contributed by atoms with Crippen LogP contribution < -0.4 is 11.1 Å². The van der Waals surface area contributed by atoms with Crippen molar-refractivity contribution in [3.05, 3.63) is 0 Å². The number of nitrogens with one attached hydrogen (secondary N) is 1. The molecular formula is C12H27N3. The Labute approximate surface area is 94.4 Å². The van der Waals surface area contributed by atoms with E-state index in [1.807, 2.05) is 0 Å². The Kier molecular flexibility index (Phi) is 4.56. The third-order valence-electron chi connectivity index (χ3n) is 3.75. The number of hydrogen-bond donors (Lipinski definition) is 2. The Balaban J connectivity index is 2.30. The molecule has 1 aliphatic carbocycles. The summed E-state index contributed by atoms with van der Waals surface area (Å²) in [5.74, 6) is 0. The van der Waals surface area contributed by atoms with Crippen molar-refractivity contribution in [3.63, 3.8) is 0 Å². The highest BCUT2D eigenvalue weighted by atomic mass is 15.2. The maximum absolute atomic E-state index is 5.97. The number of hydrogen-bond acceptors (Lipinski definition) is 3. The van der Waals surface area contributed by atoms with E-state index < -0.39 is 0 Å². The van der Waals surface area contributed by atoms with Crippen molar-refractivity contribution in [2.75, 3.05) is 20.6 Å². The first kappa shape index (κ1) is 12.9. The summed E-state index contributed by atoms with van der Waals surface area (Å²) in [6.45, 7) is 5.57. The number of nitrogens with two attached hydrogens (primary N) is 1. The molecule has 0 aromatic rings. The molecule has 2 atom stereocenters. The Hall–Kier alpha value is -0.120. The molecule has 1 rings (SSSR count). The van der Waals surface area contributed by atoms with E-state index in [9.17, 15) is 0 Å². The molecule has 3 nitrogen and oxygen atoms in total. The second-order valence-electron chi connectivity index (χ2n) is 5.71. The van der Waals surface area contributed by atoms with Crippen molar-refractivity contribution < 1.29 is 0 Å². The van der Waals surface area contributed by atoms with Gasteiger partial charge in [0.1, 0.15) is 0 Å². The Morgan fingerprint density at radius 2 is 2.00 bits per heavy atom. The predicted molar refractivity (Wildman–Crippen MR) is 66.0 cm³/mol. The van der Waals surface area contributed by atoms with Crippen LogP contribution in [0.2, 0.25) is 0 Å². The minimum absolute atomic E-state index is 0.224. The first-order valence-electron chi connectivity index (χ1n) is 6.08. The highest BCUT2D eigenvalue weighted by molar-refractivity contribution is 4.85. The summed E-state index contributed by atoms with van der Waals surface area (Å²) in [6.07, 6.45) is 4.91. The lowest BCUT2D eigenvalue weighted by Gasteiger charge is -2.36. The van der Waals surface area contributed by atoms with E-state index >= 15 is 0 Å². The molecule has 3 heteroatoms. The molecule has 0 bridgehead atoms. The SMILES string of the molecule is CN(C)C(C)(C)CNC1CCCC(N)C1. The van der Waals surface area contributed by atoms with Gasteiger partial charge >= 0.3 is 0 Å². The fourth-order valence-electron chi connectivity index (χ4n) is 1.97. The van der Waals surface area contributed by atoms with Crippen molar-refractivity contribution in [2.24, 2.45) is 5.73 Å². The molecule has 0 aliphatic heterocycles. The van der Waals surface area contributed by atoms with E-state index in [1.165, 1.54) is 19.3 Å². The number of nitrogens with zero attached hydrogens (tertiary/aromatic N) is 1. The summed E-state index contributed by atoms with van der Waals surface area (Å²) in [5.41, 5.74) is 6.20. The van der Waals surface area contributed by atoms with E-state index in [1.54, 1.807) is 0 Å². The standard InChI is InChI=1S/C12H27N3/c1-12(2,15(3)4)9-14-11-7-5-6-10(13)8-11/h10-11,14H,5-9,13H2,1-4H3. The molecule has 3 N–H and O–H groups in total. The van der Waals surface area contributed by atoms with E-state index in [-0.39, 0.29) is 5.54 Å². The average molecular weight is 213 g/mol. The minimum atomic E-state index is 0.224. The van der Waals surface area contributed by atoms with Gasteiger partial charge < -0.3 is 16.0 Å². The fourth-order valence-corrected chi connectivity index (χ4v) is 1.97. The third kappa shape index (κ3) is 4.09. The van der Waals surface area contributed by atoms with Crippen LogP contribution in [0, 0.1) is 0 Å². The van der Waals surface area contributed by atoms with Crippen LogP contribution in [-0.4, -0.2) is 43.2 Å². The van der Waals surface area contributed by atoms with Gasteiger partial charge in [0.15, 0.2) is 0 Å². The lowest BCUT2D eigenvalue weighted by atomic mass is 9.91. The zero-order valence-electron chi connectivity index (χ0n) is 10.7. The van der Waals surface area contributed by atoms with Crippen molar-refractivity contribution in [2.45, 2.75) is 57.2 Å². The van der Waals surface area contributed by atoms with Crippen molar-refractivity contribution in [1.82, 2.24) is 10.2 Å². The lowest BCUT2D eigenvalue weighted by molar-refractivity contribution is 0.177. The molecule has 1 fully saturated rings. The first-order valence-corrected chi connectivity index (χ1v) is 6.08. The molecule has 0 aromatic carbocycles. The molecule has 0 saturated heterocycles. The van der Waals surface area contributed by atoms with Crippen LogP contribution in [0.1, 0.15) is 39.5 Å². The quantitative estimate of drug-likeness (QED) is 0.737. The van der Waals surface area contributed by atoms with Gasteiger partial charge in [-0.2, -0.15) is 0 Å². The molecule has 1 aliphatic rings. The van der Waals surface area contributed by atoms with Crippen LogP contribution in [0.25, 0.3) is 0 Å². The molecule has 0 amide bonds. The van der Waals surface area contributed by atoms with Crippen LogP contribution in [-0.2, 0) is 0 Å². The normalized spacial score (nSPS) is 28.4. The Morgan fingerprint density at radius 1 is 1.33 bits per heavy atom. The van der Waals surface area contributed by atoms with E-state index in [0.717, 1.165) is 13.0 Å². The molecule has 0 radical (unpaired) electrons. The smallest absolute Gasteiger partial charge is 0.0271 e. The molecule has 0 heterocycles. The van der Waals surface area contributed by atoms with E-state index in [0.29, 0.717) is 12.1 Å². The summed E-state index contributed by atoms with van der Waals surface area (Å²) in [6, 6.07) is 1.05. The topological polar surface area (TPSA) is 41.3 Å². The highest BCUT2D eigenvalue weighted by Crippen LogP contribution is 2.18. The van der Waals surface area contributed by atoms with Crippen LogP contribution in [0.3, 0.4) is 0 Å². The minimum Gasteiger partial charge on any atom is -0.328 e. The fraction of sp³-hybridized carbons (Fsp3) is 1.00. The summed E-state index contributed by atoms with van der Waals surface area (Å²) < 4.78 is 0. The lowest BCUT2D eigenvalue weighted by Crippen LogP contribution is -2.50. The van der Waals surface area contributed by atoms with Crippen LogP contribution in [0.4, 0.5) is 0 Å². The zero-order valence-corrected chi connectivity index (χ0v) is 10.7. The average Bonchev–Trinajstić information content (AvgIpc) is 2.15. The summed E-state index contributed by atoms with van der Waals surface area (Å²) in [5, 5.41) is 3.65. The zero-order chi connectivity index (χ0) is 11.5.